The Morgan fingerprint density at radius 3 is 2.73 bits per heavy atom. The van der Waals surface area contributed by atoms with E-state index in [-0.39, 0.29) is 17.9 Å². The van der Waals surface area contributed by atoms with Crippen molar-refractivity contribution in [1.29, 1.82) is 0 Å². The number of rotatable bonds is 5. The third-order valence-electron chi connectivity index (χ3n) is 1.91. The summed E-state index contributed by atoms with van der Waals surface area (Å²) in [5, 5.41) is 11.3. The zero-order valence-corrected chi connectivity index (χ0v) is 8.16. The van der Waals surface area contributed by atoms with Crippen LogP contribution in [0.15, 0.2) is 36.4 Å². The molecule has 0 fully saturated rings. The van der Waals surface area contributed by atoms with Crippen LogP contribution in [0.5, 0.6) is 0 Å². The summed E-state index contributed by atoms with van der Waals surface area (Å²) in [6, 6.07) is 6.34. The number of carboxylic acids is 1. The van der Waals surface area contributed by atoms with Crippen molar-refractivity contribution in [3.05, 3.63) is 47.8 Å². The lowest BCUT2D eigenvalue weighted by molar-refractivity contribution is -0.132. The topological polar surface area (TPSA) is 49.3 Å². The van der Waals surface area contributed by atoms with Gasteiger partial charge in [-0.1, -0.05) is 24.8 Å². The SMILES string of the molecule is C=C(CNCc1ccccc1F)C(=O)O. The second kappa shape index (κ2) is 5.26. The molecule has 0 spiro atoms. The van der Waals surface area contributed by atoms with Crippen LogP contribution in [0.25, 0.3) is 0 Å². The number of carboxylic acid groups (broad SMARTS) is 1. The number of aliphatic carboxylic acids is 1. The highest BCUT2D eigenvalue weighted by Gasteiger charge is 2.04. The van der Waals surface area contributed by atoms with Crippen LogP contribution in [0.3, 0.4) is 0 Å². The maximum atomic E-state index is 13.1. The van der Waals surface area contributed by atoms with E-state index in [4.69, 9.17) is 5.11 Å². The van der Waals surface area contributed by atoms with Gasteiger partial charge in [-0.15, -0.1) is 0 Å². The van der Waals surface area contributed by atoms with Gasteiger partial charge >= 0.3 is 5.97 Å². The monoisotopic (exact) mass is 209 g/mol. The third-order valence-corrected chi connectivity index (χ3v) is 1.91. The molecule has 0 aliphatic heterocycles. The second-order valence-electron chi connectivity index (χ2n) is 3.10. The molecule has 0 aromatic heterocycles. The number of carbonyl (C=O) groups is 1. The van der Waals surface area contributed by atoms with Crippen molar-refractivity contribution in [2.24, 2.45) is 0 Å². The Balaban J connectivity index is 2.42. The van der Waals surface area contributed by atoms with Gasteiger partial charge in [0.15, 0.2) is 0 Å². The van der Waals surface area contributed by atoms with Crippen molar-refractivity contribution in [3.8, 4) is 0 Å². The van der Waals surface area contributed by atoms with E-state index >= 15 is 0 Å². The summed E-state index contributed by atoms with van der Waals surface area (Å²) in [4.78, 5) is 10.4. The molecule has 0 atom stereocenters. The second-order valence-corrected chi connectivity index (χ2v) is 3.10. The van der Waals surface area contributed by atoms with E-state index in [1.165, 1.54) is 6.07 Å². The molecule has 0 saturated heterocycles. The first-order valence-corrected chi connectivity index (χ1v) is 4.46. The highest BCUT2D eigenvalue weighted by molar-refractivity contribution is 5.86. The van der Waals surface area contributed by atoms with Crippen LogP contribution >= 0.6 is 0 Å². The van der Waals surface area contributed by atoms with Crippen LogP contribution in [0, 0.1) is 5.82 Å². The average Bonchev–Trinajstić information content (AvgIpc) is 2.20. The van der Waals surface area contributed by atoms with Crippen molar-refractivity contribution >= 4 is 5.97 Å². The number of hydrogen-bond donors (Lipinski definition) is 2. The molecule has 0 heterocycles. The van der Waals surface area contributed by atoms with Crippen molar-refractivity contribution in [1.82, 2.24) is 5.32 Å². The van der Waals surface area contributed by atoms with Gasteiger partial charge in [-0.3, -0.25) is 0 Å². The van der Waals surface area contributed by atoms with E-state index in [2.05, 4.69) is 11.9 Å². The number of benzene rings is 1. The van der Waals surface area contributed by atoms with Gasteiger partial charge in [0, 0.05) is 24.2 Å². The molecule has 1 rings (SSSR count). The maximum absolute atomic E-state index is 13.1. The van der Waals surface area contributed by atoms with Gasteiger partial charge in [0.05, 0.1) is 0 Å². The Morgan fingerprint density at radius 1 is 1.47 bits per heavy atom. The summed E-state index contributed by atoms with van der Waals surface area (Å²) >= 11 is 0. The van der Waals surface area contributed by atoms with Gasteiger partial charge in [0.25, 0.3) is 0 Å². The first-order valence-electron chi connectivity index (χ1n) is 4.46. The Hall–Kier alpha value is -1.68. The van der Waals surface area contributed by atoms with Gasteiger partial charge in [-0.2, -0.15) is 0 Å². The largest absolute Gasteiger partial charge is 0.478 e. The fourth-order valence-corrected chi connectivity index (χ4v) is 1.07. The zero-order valence-electron chi connectivity index (χ0n) is 8.16. The molecule has 80 valence electrons. The third kappa shape index (κ3) is 3.52. The van der Waals surface area contributed by atoms with E-state index in [0.29, 0.717) is 12.1 Å². The molecule has 3 nitrogen and oxygen atoms in total. The fourth-order valence-electron chi connectivity index (χ4n) is 1.07. The Labute approximate surface area is 87.2 Å². The molecule has 0 bridgehead atoms. The van der Waals surface area contributed by atoms with E-state index in [1.54, 1.807) is 18.2 Å². The normalized spacial score (nSPS) is 9.93. The standard InChI is InChI=1S/C11H12FNO2/c1-8(11(14)15)6-13-7-9-4-2-3-5-10(9)12/h2-5,13H,1,6-7H2,(H,14,15). The molecule has 0 radical (unpaired) electrons. The van der Waals surface area contributed by atoms with E-state index in [0.717, 1.165) is 0 Å². The highest BCUT2D eigenvalue weighted by Crippen LogP contribution is 2.05. The summed E-state index contributed by atoms with van der Waals surface area (Å²) in [5.74, 6) is -1.35. The minimum atomic E-state index is -1.05. The highest BCUT2D eigenvalue weighted by atomic mass is 19.1. The lowest BCUT2D eigenvalue weighted by atomic mass is 10.2. The lowest BCUT2D eigenvalue weighted by Gasteiger charge is -2.05. The van der Waals surface area contributed by atoms with Crippen molar-refractivity contribution in [2.75, 3.05) is 6.54 Å². The molecule has 1 aromatic rings. The van der Waals surface area contributed by atoms with Crippen molar-refractivity contribution < 1.29 is 14.3 Å². The van der Waals surface area contributed by atoms with E-state index < -0.39 is 5.97 Å². The molecule has 0 saturated carbocycles. The summed E-state index contributed by atoms with van der Waals surface area (Å²) in [6.45, 7) is 3.79. The van der Waals surface area contributed by atoms with Crippen LogP contribution in [0.2, 0.25) is 0 Å². The molecule has 0 aliphatic rings. The smallest absolute Gasteiger partial charge is 0.332 e. The summed E-state index contributed by atoms with van der Waals surface area (Å²) in [5.41, 5.74) is 0.571. The van der Waals surface area contributed by atoms with Crippen LogP contribution in [-0.4, -0.2) is 17.6 Å². The number of halogens is 1. The first kappa shape index (κ1) is 11.4. The zero-order chi connectivity index (χ0) is 11.3. The van der Waals surface area contributed by atoms with E-state index in [9.17, 15) is 9.18 Å². The van der Waals surface area contributed by atoms with Crippen LogP contribution in [0.4, 0.5) is 4.39 Å². The van der Waals surface area contributed by atoms with Gasteiger partial charge in [-0.25, -0.2) is 9.18 Å². The van der Waals surface area contributed by atoms with Gasteiger partial charge in [0.1, 0.15) is 5.82 Å². The Morgan fingerprint density at radius 2 is 2.13 bits per heavy atom. The van der Waals surface area contributed by atoms with E-state index in [1.807, 2.05) is 0 Å². The molecule has 1 aromatic carbocycles. The molecule has 0 aliphatic carbocycles. The molecule has 0 unspecified atom stereocenters. The fraction of sp³-hybridized carbons (Fsp3) is 0.182. The first-order chi connectivity index (χ1) is 7.11. The molecule has 2 N–H and O–H groups in total. The maximum Gasteiger partial charge on any atom is 0.332 e. The van der Waals surface area contributed by atoms with Gasteiger partial charge in [-0.05, 0) is 6.07 Å². The number of hydrogen-bond acceptors (Lipinski definition) is 2. The number of nitrogens with one attached hydrogen (secondary N) is 1. The lowest BCUT2D eigenvalue weighted by Crippen LogP contribution is -2.20. The molecular formula is C11H12FNO2. The van der Waals surface area contributed by atoms with Gasteiger partial charge in [0.2, 0.25) is 0 Å². The minimum Gasteiger partial charge on any atom is -0.478 e. The Bertz CT molecular complexity index is 377. The van der Waals surface area contributed by atoms with Crippen molar-refractivity contribution in [3.63, 3.8) is 0 Å². The molecule has 0 amide bonds. The van der Waals surface area contributed by atoms with Gasteiger partial charge < -0.3 is 10.4 Å². The molecular weight excluding hydrogens is 197 g/mol. The molecule has 15 heavy (non-hydrogen) atoms. The summed E-state index contributed by atoms with van der Waals surface area (Å²) in [6.07, 6.45) is 0. The van der Waals surface area contributed by atoms with Crippen molar-refractivity contribution in [2.45, 2.75) is 6.54 Å². The Kier molecular flexibility index (Phi) is 4.00. The quantitative estimate of drug-likeness (QED) is 0.723. The van der Waals surface area contributed by atoms with Crippen LogP contribution in [-0.2, 0) is 11.3 Å². The average molecular weight is 209 g/mol. The van der Waals surface area contributed by atoms with Crippen LogP contribution < -0.4 is 5.32 Å². The summed E-state index contributed by atoms with van der Waals surface area (Å²) < 4.78 is 13.1. The predicted molar refractivity (Wildman–Crippen MR) is 54.9 cm³/mol. The van der Waals surface area contributed by atoms with Crippen LogP contribution in [0.1, 0.15) is 5.56 Å². The molecule has 4 heteroatoms. The minimum absolute atomic E-state index is 0.0614. The summed E-state index contributed by atoms with van der Waals surface area (Å²) in [7, 11) is 0. The predicted octanol–water partition coefficient (Wildman–Crippen LogP) is 1.56.